The SMILES string of the molecule is C[C@](N)(COP(=O)(O)O)C(=O)Nc1ccc(OCCCCCc2ccccc2)c(-c2cccs2)c1. The van der Waals surface area contributed by atoms with E-state index in [1.807, 2.05) is 23.6 Å². The van der Waals surface area contributed by atoms with E-state index in [1.54, 1.807) is 29.5 Å². The smallest absolute Gasteiger partial charge is 0.469 e. The first kappa shape index (κ1) is 27.1. The van der Waals surface area contributed by atoms with Crippen LogP contribution in [0.2, 0.25) is 0 Å². The normalized spacial score (nSPS) is 13.3. The summed E-state index contributed by atoms with van der Waals surface area (Å²) >= 11 is 1.56. The van der Waals surface area contributed by atoms with Crippen LogP contribution >= 0.6 is 19.2 Å². The van der Waals surface area contributed by atoms with E-state index in [4.69, 9.17) is 20.3 Å². The van der Waals surface area contributed by atoms with E-state index in [-0.39, 0.29) is 0 Å². The number of amides is 1. The van der Waals surface area contributed by atoms with Crippen LogP contribution < -0.4 is 15.8 Å². The molecule has 35 heavy (non-hydrogen) atoms. The van der Waals surface area contributed by atoms with Gasteiger partial charge in [-0.05, 0) is 67.8 Å². The van der Waals surface area contributed by atoms with E-state index in [9.17, 15) is 9.36 Å². The lowest BCUT2D eigenvalue weighted by Gasteiger charge is -2.23. The Bertz CT molecular complexity index is 1130. The van der Waals surface area contributed by atoms with Crippen molar-refractivity contribution in [1.82, 2.24) is 0 Å². The molecule has 0 fully saturated rings. The summed E-state index contributed by atoms with van der Waals surface area (Å²) in [6.07, 6.45) is 4.14. The standard InChI is InChI=1S/C25H31N2O6PS/c1-25(26,18-33-34(29,30)31)24(28)27-20-13-14-22(21(17-20)23-12-8-16-35-23)32-15-7-3-6-11-19-9-4-2-5-10-19/h2,4-5,8-10,12-14,16-17H,3,6-7,11,15,18,26H2,1H3,(H,27,28)(H2,29,30,31)/t25-/m0/s1. The van der Waals surface area contributed by atoms with Crippen LogP contribution in [-0.4, -0.2) is 34.4 Å². The van der Waals surface area contributed by atoms with Crippen LogP contribution in [0.3, 0.4) is 0 Å². The Labute approximate surface area is 209 Å². The summed E-state index contributed by atoms with van der Waals surface area (Å²) in [6.45, 7) is 1.29. The number of phosphoric acid groups is 1. The third-order valence-electron chi connectivity index (χ3n) is 5.29. The van der Waals surface area contributed by atoms with E-state index in [0.717, 1.165) is 36.1 Å². The van der Waals surface area contributed by atoms with Gasteiger partial charge in [-0.2, -0.15) is 0 Å². The van der Waals surface area contributed by atoms with Crippen LogP contribution in [0.5, 0.6) is 5.75 Å². The number of nitrogens with one attached hydrogen (secondary N) is 1. The first-order valence-corrected chi connectivity index (χ1v) is 13.7. The van der Waals surface area contributed by atoms with E-state index >= 15 is 0 Å². The van der Waals surface area contributed by atoms with Crippen molar-refractivity contribution in [2.75, 3.05) is 18.5 Å². The molecule has 2 aromatic carbocycles. The summed E-state index contributed by atoms with van der Waals surface area (Å²) in [4.78, 5) is 31.4. The molecule has 0 radical (unpaired) electrons. The Hall–Kier alpha value is -2.52. The summed E-state index contributed by atoms with van der Waals surface area (Å²) in [7, 11) is -4.74. The molecule has 1 amide bonds. The monoisotopic (exact) mass is 518 g/mol. The highest BCUT2D eigenvalue weighted by Crippen LogP contribution is 2.37. The number of nitrogens with two attached hydrogens (primary N) is 1. The third-order valence-corrected chi connectivity index (χ3v) is 6.65. The Kier molecular flexibility index (Phi) is 9.63. The van der Waals surface area contributed by atoms with E-state index in [0.29, 0.717) is 18.0 Å². The number of rotatable bonds is 13. The van der Waals surface area contributed by atoms with Gasteiger partial charge in [-0.3, -0.25) is 9.32 Å². The van der Waals surface area contributed by atoms with Crippen molar-refractivity contribution in [2.24, 2.45) is 5.73 Å². The van der Waals surface area contributed by atoms with Crippen LogP contribution in [0.15, 0.2) is 66.0 Å². The lowest BCUT2D eigenvalue weighted by atomic mass is 10.0. The molecule has 3 rings (SSSR count). The molecule has 10 heteroatoms. The predicted molar refractivity (Wildman–Crippen MR) is 138 cm³/mol. The van der Waals surface area contributed by atoms with Crippen LogP contribution in [0, 0.1) is 0 Å². The zero-order valence-electron chi connectivity index (χ0n) is 19.6. The zero-order chi connectivity index (χ0) is 25.3. The van der Waals surface area contributed by atoms with Gasteiger partial charge in [-0.25, -0.2) is 4.57 Å². The van der Waals surface area contributed by atoms with Crippen molar-refractivity contribution in [3.05, 3.63) is 71.6 Å². The maximum absolute atomic E-state index is 12.6. The first-order valence-electron chi connectivity index (χ1n) is 11.3. The van der Waals surface area contributed by atoms with Crippen LogP contribution in [0.1, 0.15) is 31.7 Å². The minimum atomic E-state index is -4.74. The van der Waals surface area contributed by atoms with Gasteiger partial charge < -0.3 is 25.6 Å². The second-order valence-corrected chi connectivity index (χ2v) is 10.7. The summed E-state index contributed by atoms with van der Waals surface area (Å²) in [5, 5.41) is 4.66. The second-order valence-electron chi connectivity index (χ2n) is 8.47. The molecule has 1 aromatic heterocycles. The fourth-order valence-electron chi connectivity index (χ4n) is 3.35. The van der Waals surface area contributed by atoms with Crippen molar-refractivity contribution in [3.8, 4) is 16.2 Å². The van der Waals surface area contributed by atoms with Gasteiger partial charge in [0.05, 0.1) is 13.2 Å². The number of benzene rings is 2. The second kappa shape index (κ2) is 12.4. The molecule has 0 saturated carbocycles. The summed E-state index contributed by atoms with van der Waals surface area (Å²) in [5.41, 5.74) is 6.95. The zero-order valence-corrected chi connectivity index (χ0v) is 21.3. The van der Waals surface area contributed by atoms with Gasteiger partial charge in [0, 0.05) is 16.1 Å². The van der Waals surface area contributed by atoms with Gasteiger partial charge in [-0.1, -0.05) is 36.4 Å². The minimum absolute atomic E-state index is 0.487. The molecule has 1 heterocycles. The van der Waals surface area contributed by atoms with Crippen molar-refractivity contribution in [2.45, 2.75) is 38.1 Å². The highest BCUT2D eigenvalue weighted by atomic mass is 32.1. The van der Waals surface area contributed by atoms with Crippen molar-refractivity contribution < 1.29 is 28.4 Å². The maximum atomic E-state index is 12.6. The number of phosphoric ester groups is 1. The lowest BCUT2D eigenvalue weighted by molar-refractivity contribution is -0.121. The Balaban J connectivity index is 1.59. The quantitative estimate of drug-likeness (QED) is 0.186. The molecule has 3 aromatic rings. The number of anilines is 1. The van der Waals surface area contributed by atoms with Gasteiger partial charge in [0.15, 0.2) is 0 Å². The van der Waals surface area contributed by atoms with Gasteiger partial charge in [0.2, 0.25) is 5.91 Å². The Morgan fingerprint density at radius 3 is 2.54 bits per heavy atom. The number of thiophene rings is 1. The third kappa shape index (κ3) is 8.89. The molecule has 5 N–H and O–H groups in total. The fraction of sp³-hybridized carbons (Fsp3) is 0.320. The molecular formula is C25H31N2O6PS. The lowest BCUT2D eigenvalue weighted by Crippen LogP contribution is -2.52. The number of carbonyl (C=O) groups excluding carboxylic acids is 1. The molecule has 0 aliphatic heterocycles. The molecular weight excluding hydrogens is 487 g/mol. The van der Waals surface area contributed by atoms with Gasteiger partial charge >= 0.3 is 7.82 Å². The van der Waals surface area contributed by atoms with E-state index in [2.05, 4.69) is 34.1 Å². The topological polar surface area (TPSA) is 131 Å². The Morgan fingerprint density at radius 1 is 1.09 bits per heavy atom. The highest BCUT2D eigenvalue weighted by Gasteiger charge is 2.32. The van der Waals surface area contributed by atoms with Crippen molar-refractivity contribution >= 4 is 30.8 Å². The molecule has 0 unspecified atom stereocenters. The number of ether oxygens (including phenoxy) is 1. The molecule has 0 aliphatic rings. The molecule has 1 atom stereocenters. The predicted octanol–water partition coefficient (Wildman–Crippen LogP) is 4.97. The number of unbranched alkanes of at least 4 members (excludes halogenated alkanes) is 2. The highest BCUT2D eigenvalue weighted by molar-refractivity contribution is 7.46. The largest absolute Gasteiger partial charge is 0.493 e. The molecule has 0 saturated heterocycles. The average Bonchev–Trinajstić information content (AvgIpc) is 3.36. The van der Waals surface area contributed by atoms with Crippen LogP contribution in [0.25, 0.3) is 10.4 Å². The number of carbonyl (C=O) groups is 1. The maximum Gasteiger partial charge on any atom is 0.469 e. The molecule has 0 aliphatic carbocycles. The van der Waals surface area contributed by atoms with E-state index < -0.39 is 25.9 Å². The molecule has 0 bridgehead atoms. The van der Waals surface area contributed by atoms with Crippen molar-refractivity contribution in [1.29, 1.82) is 0 Å². The number of hydrogen-bond donors (Lipinski definition) is 4. The fourth-order valence-corrected chi connectivity index (χ4v) is 4.53. The van der Waals surface area contributed by atoms with Gasteiger partial charge in [0.25, 0.3) is 0 Å². The Morgan fingerprint density at radius 2 is 1.86 bits per heavy atom. The molecule has 0 spiro atoms. The van der Waals surface area contributed by atoms with Crippen molar-refractivity contribution in [3.63, 3.8) is 0 Å². The summed E-state index contributed by atoms with van der Waals surface area (Å²) in [5.74, 6) is 0.0871. The minimum Gasteiger partial charge on any atom is -0.493 e. The van der Waals surface area contributed by atoms with Gasteiger partial charge in [-0.15, -0.1) is 11.3 Å². The average molecular weight is 519 g/mol. The van der Waals surface area contributed by atoms with E-state index in [1.165, 1.54) is 12.5 Å². The number of hydrogen-bond acceptors (Lipinski definition) is 6. The summed E-state index contributed by atoms with van der Waals surface area (Å²) in [6, 6.07) is 19.6. The molecule has 8 nitrogen and oxygen atoms in total. The first-order chi connectivity index (χ1) is 16.6. The summed E-state index contributed by atoms with van der Waals surface area (Å²) < 4.78 is 21.4. The number of aryl methyl sites for hydroxylation is 1. The van der Waals surface area contributed by atoms with Gasteiger partial charge in [0.1, 0.15) is 11.3 Å². The van der Waals surface area contributed by atoms with Crippen LogP contribution in [-0.2, 0) is 20.3 Å². The van der Waals surface area contributed by atoms with Crippen LogP contribution in [0.4, 0.5) is 5.69 Å². The molecule has 188 valence electrons.